The van der Waals surface area contributed by atoms with Crippen LogP contribution in [-0.2, 0) is 14.8 Å². The Bertz CT molecular complexity index is 706. The fraction of sp³-hybridized carbons (Fsp3) is 0.632. The van der Waals surface area contributed by atoms with Crippen LogP contribution in [0.25, 0.3) is 0 Å². The highest BCUT2D eigenvalue weighted by molar-refractivity contribution is 7.92. The van der Waals surface area contributed by atoms with Crippen LogP contribution in [0.2, 0.25) is 0 Å². The van der Waals surface area contributed by atoms with Crippen molar-refractivity contribution in [2.24, 2.45) is 0 Å². The van der Waals surface area contributed by atoms with Gasteiger partial charge in [0.15, 0.2) is 0 Å². The highest BCUT2D eigenvalue weighted by atomic mass is 32.2. The van der Waals surface area contributed by atoms with Gasteiger partial charge in [-0.05, 0) is 56.4 Å². The van der Waals surface area contributed by atoms with Gasteiger partial charge in [0.25, 0.3) is 0 Å². The summed E-state index contributed by atoms with van der Waals surface area (Å²) >= 11 is 0. The summed E-state index contributed by atoms with van der Waals surface area (Å²) in [5.41, 5.74) is 1.76. The third-order valence-electron chi connectivity index (χ3n) is 5.25. The van der Waals surface area contributed by atoms with Crippen molar-refractivity contribution in [2.75, 3.05) is 48.2 Å². The number of sulfonamides is 1. The number of hydrogen-bond acceptors (Lipinski definition) is 4. The predicted molar refractivity (Wildman–Crippen MR) is 105 cm³/mol. The zero-order valence-electron chi connectivity index (χ0n) is 15.6. The number of nitrogens with zero attached hydrogens (tertiary/aromatic N) is 3. The summed E-state index contributed by atoms with van der Waals surface area (Å²) in [4.78, 5) is 16.4. The first-order chi connectivity index (χ1) is 12.4. The van der Waals surface area contributed by atoms with E-state index in [0.29, 0.717) is 5.69 Å². The zero-order chi connectivity index (χ0) is 18.6. The van der Waals surface area contributed by atoms with E-state index in [9.17, 15) is 13.2 Å². The Balaban J connectivity index is 1.68. The Hall–Kier alpha value is -1.76. The van der Waals surface area contributed by atoms with Gasteiger partial charge >= 0.3 is 0 Å². The Kier molecular flexibility index (Phi) is 6.06. The maximum atomic E-state index is 12.3. The molecule has 0 spiro atoms. The number of amides is 1. The number of likely N-dealkylation sites (tertiary alicyclic amines) is 1. The lowest BCUT2D eigenvalue weighted by molar-refractivity contribution is -0.129. The molecule has 0 atom stereocenters. The van der Waals surface area contributed by atoms with Gasteiger partial charge in [-0.2, -0.15) is 0 Å². The van der Waals surface area contributed by atoms with Gasteiger partial charge < -0.3 is 9.80 Å². The largest absolute Gasteiger partial charge is 0.372 e. The molecule has 2 fully saturated rings. The molecule has 0 aromatic heterocycles. The number of piperidine rings is 1. The third kappa shape index (κ3) is 4.69. The highest BCUT2D eigenvalue weighted by Gasteiger charge is 2.22. The van der Waals surface area contributed by atoms with Crippen LogP contribution in [0.4, 0.5) is 11.4 Å². The summed E-state index contributed by atoms with van der Waals surface area (Å²) in [6, 6.07) is 7.68. The molecule has 2 aliphatic heterocycles. The Morgan fingerprint density at radius 3 is 2.12 bits per heavy atom. The maximum Gasteiger partial charge on any atom is 0.232 e. The average molecular weight is 380 g/mol. The molecule has 1 aromatic carbocycles. The van der Waals surface area contributed by atoms with E-state index in [0.717, 1.165) is 44.7 Å². The van der Waals surface area contributed by atoms with E-state index in [-0.39, 0.29) is 18.9 Å². The van der Waals surface area contributed by atoms with Gasteiger partial charge in [0.05, 0.1) is 11.9 Å². The molecule has 1 amide bonds. The summed E-state index contributed by atoms with van der Waals surface area (Å²) in [5, 5.41) is 0. The molecule has 0 unspecified atom stereocenters. The average Bonchev–Trinajstić information content (AvgIpc) is 3.17. The smallest absolute Gasteiger partial charge is 0.232 e. The van der Waals surface area contributed by atoms with Gasteiger partial charge in [-0.3, -0.25) is 9.10 Å². The van der Waals surface area contributed by atoms with Crippen molar-refractivity contribution in [3.8, 4) is 0 Å². The van der Waals surface area contributed by atoms with Crippen molar-refractivity contribution in [1.29, 1.82) is 0 Å². The second kappa shape index (κ2) is 8.29. The van der Waals surface area contributed by atoms with Crippen LogP contribution in [0.3, 0.4) is 0 Å². The van der Waals surface area contributed by atoms with Crippen LogP contribution in [-0.4, -0.2) is 58.2 Å². The fourth-order valence-corrected chi connectivity index (χ4v) is 4.72. The minimum absolute atomic E-state index is 0.0427. The monoisotopic (exact) mass is 379 g/mol. The molecule has 6 nitrogen and oxygen atoms in total. The van der Waals surface area contributed by atoms with Gasteiger partial charge in [0, 0.05) is 44.8 Å². The van der Waals surface area contributed by atoms with Crippen LogP contribution >= 0.6 is 0 Å². The molecule has 0 N–H and O–H groups in total. The highest BCUT2D eigenvalue weighted by Crippen LogP contribution is 2.25. The van der Waals surface area contributed by atoms with E-state index in [2.05, 4.69) is 4.90 Å². The van der Waals surface area contributed by atoms with E-state index >= 15 is 0 Å². The first kappa shape index (κ1) is 19.0. The van der Waals surface area contributed by atoms with Gasteiger partial charge in [-0.15, -0.1) is 0 Å². The molecule has 2 heterocycles. The van der Waals surface area contributed by atoms with Crippen LogP contribution in [0, 0.1) is 0 Å². The van der Waals surface area contributed by atoms with Crippen molar-refractivity contribution < 1.29 is 13.2 Å². The van der Waals surface area contributed by atoms with Gasteiger partial charge in [-0.1, -0.05) is 0 Å². The van der Waals surface area contributed by atoms with E-state index in [1.807, 2.05) is 29.2 Å². The minimum atomic E-state index is -3.43. The molecular formula is C19H29N3O3S. The van der Waals surface area contributed by atoms with E-state index in [1.165, 1.54) is 29.8 Å². The fourth-order valence-electron chi connectivity index (χ4n) is 3.79. The minimum Gasteiger partial charge on any atom is -0.372 e. The Morgan fingerprint density at radius 1 is 0.962 bits per heavy atom. The van der Waals surface area contributed by atoms with Crippen LogP contribution in [0.15, 0.2) is 24.3 Å². The van der Waals surface area contributed by atoms with E-state index in [4.69, 9.17) is 0 Å². The zero-order valence-corrected chi connectivity index (χ0v) is 16.4. The Labute approximate surface area is 156 Å². The molecule has 0 saturated carbocycles. The molecule has 1 aromatic rings. The van der Waals surface area contributed by atoms with Crippen LogP contribution < -0.4 is 9.21 Å². The molecule has 0 aliphatic carbocycles. The van der Waals surface area contributed by atoms with Gasteiger partial charge in [0.1, 0.15) is 0 Å². The number of carbonyl (C=O) groups excluding carboxylic acids is 1. The maximum absolute atomic E-state index is 12.3. The number of carbonyl (C=O) groups is 1. The Morgan fingerprint density at radius 2 is 1.54 bits per heavy atom. The molecule has 7 heteroatoms. The molecule has 0 radical (unpaired) electrons. The standard InChI is InChI=1S/C19H29N3O3S/c1-26(24,25)22(16-11-19(23)21-14-5-6-15-21)18-9-7-17(8-10-18)20-12-3-2-4-13-20/h7-10H,2-6,11-16H2,1H3. The van der Waals surface area contributed by atoms with E-state index in [1.54, 1.807) is 0 Å². The summed E-state index contributed by atoms with van der Waals surface area (Å²) in [7, 11) is -3.43. The molecule has 2 aliphatic rings. The van der Waals surface area contributed by atoms with Crippen molar-refractivity contribution in [3.05, 3.63) is 24.3 Å². The van der Waals surface area contributed by atoms with Crippen molar-refractivity contribution >= 4 is 27.3 Å². The molecule has 2 saturated heterocycles. The van der Waals surface area contributed by atoms with Gasteiger partial charge in [0.2, 0.25) is 15.9 Å². The van der Waals surface area contributed by atoms with Crippen LogP contribution in [0.1, 0.15) is 38.5 Å². The first-order valence-corrected chi connectivity index (χ1v) is 11.4. The van der Waals surface area contributed by atoms with Gasteiger partial charge in [-0.25, -0.2) is 8.42 Å². The lowest BCUT2D eigenvalue weighted by Crippen LogP contribution is -2.35. The topological polar surface area (TPSA) is 60.9 Å². The molecule has 3 rings (SSSR count). The second-order valence-electron chi connectivity index (χ2n) is 7.24. The SMILES string of the molecule is CS(=O)(=O)N(CCC(=O)N1CCCC1)c1ccc(N2CCCCC2)cc1. The summed E-state index contributed by atoms with van der Waals surface area (Å²) < 4.78 is 25.8. The van der Waals surface area contributed by atoms with Crippen molar-refractivity contribution in [1.82, 2.24) is 4.90 Å². The lowest BCUT2D eigenvalue weighted by Gasteiger charge is -2.29. The quantitative estimate of drug-likeness (QED) is 0.762. The molecule has 0 bridgehead atoms. The number of anilines is 2. The van der Waals surface area contributed by atoms with E-state index < -0.39 is 10.0 Å². The van der Waals surface area contributed by atoms with Crippen molar-refractivity contribution in [3.63, 3.8) is 0 Å². The first-order valence-electron chi connectivity index (χ1n) is 9.56. The van der Waals surface area contributed by atoms with Crippen LogP contribution in [0.5, 0.6) is 0 Å². The normalized spacial score (nSPS) is 18.2. The third-order valence-corrected chi connectivity index (χ3v) is 6.44. The predicted octanol–water partition coefficient (Wildman–Crippen LogP) is 2.46. The molecular weight excluding hydrogens is 350 g/mol. The molecule has 26 heavy (non-hydrogen) atoms. The number of benzene rings is 1. The molecule has 144 valence electrons. The second-order valence-corrected chi connectivity index (χ2v) is 9.14. The summed E-state index contributed by atoms with van der Waals surface area (Å²) in [5.74, 6) is 0.0427. The number of rotatable bonds is 6. The van der Waals surface area contributed by atoms with Crippen molar-refractivity contribution in [2.45, 2.75) is 38.5 Å². The lowest BCUT2D eigenvalue weighted by atomic mass is 10.1. The number of hydrogen-bond donors (Lipinski definition) is 0. The summed E-state index contributed by atoms with van der Waals surface area (Å²) in [6.45, 7) is 3.89. The summed E-state index contributed by atoms with van der Waals surface area (Å²) in [6.07, 6.45) is 7.19.